The van der Waals surface area contributed by atoms with Gasteiger partial charge < -0.3 is 5.32 Å². The van der Waals surface area contributed by atoms with Crippen molar-refractivity contribution in [2.75, 3.05) is 0 Å². The van der Waals surface area contributed by atoms with Crippen LogP contribution in [0, 0.1) is 5.82 Å². The lowest BCUT2D eigenvalue weighted by molar-refractivity contribution is -0.140. The van der Waals surface area contributed by atoms with E-state index in [0.717, 1.165) is 11.6 Å². The Morgan fingerprint density at radius 2 is 1.71 bits per heavy atom. The molecule has 0 heterocycles. The van der Waals surface area contributed by atoms with Crippen molar-refractivity contribution >= 4 is 5.91 Å². The molecule has 0 aliphatic rings. The van der Waals surface area contributed by atoms with E-state index in [1.165, 1.54) is 0 Å². The van der Waals surface area contributed by atoms with Crippen molar-refractivity contribution in [3.05, 3.63) is 71.0 Å². The van der Waals surface area contributed by atoms with Gasteiger partial charge in [0.1, 0.15) is 5.82 Å². The molecule has 0 fully saturated rings. The zero-order valence-corrected chi connectivity index (χ0v) is 10.7. The second-order valence-corrected chi connectivity index (χ2v) is 4.36. The summed E-state index contributed by atoms with van der Waals surface area (Å²) in [5.74, 6) is -2.09. The molecule has 110 valence electrons. The van der Waals surface area contributed by atoms with E-state index in [4.69, 9.17) is 0 Å². The Kier molecular flexibility index (Phi) is 4.26. The summed E-state index contributed by atoms with van der Waals surface area (Å²) in [5, 5.41) is 2.48. The van der Waals surface area contributed by atoms with Gasteiger partial charge in [0.25, 0.3) is 5.91 Å². The van der Waals surface area contributed by atoms with Crippen molar-refractivity contribution in [2.45, 2.75) is 12.7 Å². The van der Waals surface area contributed by atoms with Gasteiger partial charge in [0.15, 0.2) is 0 Å². The van der Waals surface area contributed by atoms with Crippen LogP contribution in [-0.2, 0) is 12.7 Å². The van der Waals surface area contributed by atoms with Gasteiger partial charge in [-0.2, -0.15) is 13.2 Å². The normalized spacial score (nSPS) is 11.2. The molecule has 0 radical (unpaired) electrons. The average molecular weight is 297 g/mol. The Balaban J connectivity index is 2.13. The first-order valence-electron chi connectivity index (χ1n) is 6.07. The van der Waals surface area contributed by atoms with Crippen LogP contribution in [0.15, 0.2) is 48.5 Å². The summed E-state index contributed by atoms with van der Waals surface area (Å²) in [6.07, 6.45) is -4.83. The van der Waals surface area contributed by atoms with E-state index in [2.05, 4.69) is 5.32 Å². The lowest BCUT2D eigenvalue weighted by Crippen LogP contribution is -2.23. The lowest BCUT2D eigenvalue weighted by Gasteiger charge is -2.10. The second-order valence-electron chi connectivity index (χ2n) is 4.36. The molecule has 1 amide bonds. The number of alkyl halides is 3. The fourth-order valence-corrected chi connectivity index (χ4v) is 1.76. The number of benzene rings is 2. The summed E-state index contributed by atoms with van der Waals surface area (Å²) in [7, 11) is 0. The van der Waals surface area contributed by atoms with Crippen molar-refractivity contribution in [2.24, 2.45) is 0 Å². The predicted octanol–water partition coefficient (Wildman–Crippen LogP) is 3.77. The maximum absolute atomic E-state index is 13.1. The van der Waals surface area contributed by atoms with Crippen LogP contribution in [0.4, 0.5) is 17.6 Å². The van der Waals surface area contributed by atoms with Crippen LogP contribution in [-0.4, -0.2) is 5.91 Å². The Labute approximate surface area is 118 Å². The van der Waals surface area contributed by atoms with Gasteiger partial charge in [0.05, 0.1) is 5.56 Å². The second kappa shape index (κ2) is 5.95. The standard InChI is InChI=1S/C15H11F4NO/c16-13-7-6-11(8-12(13)15(17,18)19)14(21)20-9-10-4-2-1-3-5-10/h1-8H,9H2,(H,20,21). The third-order valence-corrected chi connectivity index (χ3v) is 2.83. The number of rotatable bonds is 3. The molecule has 0 aliphatic heterocycles. The maximum atomic E-state index is 13.1. The molecule has 0 saturated carbocycles. The number of hydrogen-bond acceptors (Lipinski definition) is 1. The number of hydrogen-bond donors (Lipinski definition) is 1. The van der Waals surface area contributed by atoms with Crippen molar-refractivity contribution in [1.82, 2.24) is 5.32 Å². The van der Waals surface area contributed by atoms with Gasteiger partial charge in [-0.3, -0.25) is 4.79 Å². The quantitative estimate of drug-likeness (QED) is 0.858. The summed E-state index contributed by atoms with van der Waals surface area (Å²) in [6, 6.07) is 11.1. The van der Waals surface area contributed by atoms with Crippen LogP contribution < -0.4 is 5.32 Å². The Bertz CT molecular complexity index is 638. The van der Waals surface area contributed by atoms with Crippen molar-refractivity contribution < 1.29 is 22.4 Å². The maximum Gasteiger partial charge on any atom is 0.419 e. The first-order valence-corrected chi connectivity index (χ1v) is 6.07. The molecule has 0 spiro atoms. The highest BCUT2D eigenvalue weighted by molar-refractivity contribution is 5.94. The minimum atomic E-state index is -4.83. The molecule has 0 aliphatic carbocycles. The third kappa shape index (κ3) is 3.81. The summed E-state index contributed by atoms with van der Waals surface area (Å²) in [5.41, 5.74) is -0.876. The molecule has 0 unspecified atom stereocenters. The molecule has 1 N–H and O–H groups in total. The van der Waals surface area contributed by atoms with E-state index in [9.17, 15) is 22.4 Å². The van der Waals surface area contributed by atoms with Gasteiger partial charge in [-0.1, -0.05) is 30.3 Å². The lowest BCUT2D eigenvalue weighted by atomic mass is 10.1. The van der Waals surface area contributed by atoms with Crippen LogP contribution in [0.1, 0.15) is 21.5 Å². The Morgan fingerprint density at radius 3 is 2.33 bits per heavy atom. The first-order chi connectivity index (χ1) is 9.88. The number of carbonyl (C=O) groups is 1. The molecule has 0 aromatic heterocycles. The highest BCUT2D eigenvalue weighted by Crippen LogP contribution is 2.31. The zero-order valence-electron chi connectivity index (χ0n) is 10.7. The molecule has 0 bridgehead atoms. The van der Waals surface area contributed by atoms with Crippen molar-refractivity contribution in [3.63, 3.8) is 0 Å². The minimum absolute atomic E-state index is 0.179. The highest BCUT2D eigenvalue weighted by atomic mass is 19.4. The van der Waals surface area contributed by atoms with Gasteiger partial charge >= 0.3 is 6.18 Å². The van der Waals surface area contributed by atoms with E-state index in [1.54, 1.807) is 30.3 Å². The van der Waals surface area contributed by atoms with Crippen LogP contribution >= 0.6 is 0 Å². The predicted molar refractivity (Wildman–Crippen MR) is 69.0 cm³/mol. The molecule has 0 saturated heterocycles. The molecule has 21 heavy (non-hydrogen) atoms. The Morgan fingerprint density at radius 1 is 1.05 bits per heavy atom. The molecular weight excluding hydrogens is 286 g/mol. The minimum Gasteiger partial charge on any atom is -0.348 e. The molecule has 2 aromatic carbocycles. The van der Waals surface area contributed by atoms with E-state index in [1.807, 2.05) is 0 Å². The monoisotopic (exact) mass is 297 g/mol. The SMILES string of the molecule is O=C(NCc1ccccc1)c1ccc(F)c(C(F)(F)F)c1. The number of nitrogens with one attached hydrogen (secondary N) is 1. The van der Waals surface area contributed by atoms with Gasteiger partial charge in [-0.15, -0.1) is 0 Å². The van der Waals surface area contributed by atoms with E-state index in [0.29, 0.717) is 12.1 Å². The number of amides is 1. The molecular formula is C15H11F4NO. The summed E-state index contributed by atoms with van der Waals surface area (Å²) < 4.78 is 50.8. The van der Waals surface area contributed by atoms with Crippen LogP contribution in [0.2, 0.25) is 0 Å². The van der Waals surface area contributed by atoms with Gasteiger partial charge in [0, 0.05) is 12.1 Å². The molecule has 2 nitrogen and oxygen atoms in total. The fraction of sp³-hybridized carbons (Fsp3) is 0.133. The summed E-state index contributed by atoms with van der Waals surface area (Å²) in [6.45, 7) is 0.179. The van der Waals surface area contributed by atoms with Gasteiger partial charge in [-0.25, -0.2) is 4.39 Å². The van der Waals surface area contributed by atoms with Gasteiger partial charge in [0.2, 0.25) is 0 Å². The molecule has 0 atom stereocenters. The smallest absolute Gasteiger partial charge is 0.348 e. The summed E-state index contributed by atoms with van der Waals surface area (Å²) in [4.78, 5) is 11.8. The Hall–Kier alpha value is -2.37. The number of halogens is 4. The summed E-state index contributed by atoms with van der Waals surface area (Å²) >= 11 is 0. The van der Waals surface area contributed by atoms with Crippen molar-refractivity contribution in [3.8, 4) is 0 Å². The van der Waals surface area contributed by atoms with Gasteiger partial charge in [-0.05, 0) is 23.8 Å². The molecule has 2 aromatic rings. The highest BCUT2D eigenvalue weighted by Gasteiger charge is 2.34. The van der Waals surface area contributed by atoms with E-state index >= 15 is 0 Å². The topological polar surface area (TPSA) is 29.1 Å². The number of carbonyl (C=O) groups excluding carboxylic acids is 1. The molecule has 6 heteroatoms. The molecule has 2 rings (SSSR count). The van der Waals surface area contributed by atoms with E-state index < -0.39 is 23.5 Å². The van der Waals surface area contributed by atoms with Crippen LogP contribution in [0.5, 0.6) is 0 Å². The third-order valence-electron chi connectivity index (χ3n) is 2.83. The van der Waals surface area contributed by atoms with E-state index in [-0.39, 0.29) is 12.1 Å². The fourth-order valence-electron chi connectivity index (χ4n) is 1.76. The first kappa shape index (κ1) is 15.0. The largest absolute Gasteiger partial charge is 0.419 e. The van der Waals surface area contributed by atoms with Crippen LogP contribution in [0.25, 0.3) is 0 Å². The average Bonchev–Trinajstić information content (AvgIpc) is 2.45. The zero-order chi connectivity index (χ0) is 15.5. The van der Waals surface area contributed by atoms with Crippen LogP contribution in [0.3, 0.4) is 0 Å². The van der Waals surface area contributed by atoms with Crippen molar-refractivity contribution in [1.29, 1.82) is 0 Å².